The van der Waals surface area contributed by atoms with Crippen LogP contribution in [0.3, 0.4) is 0 Å². The summed E-state index contributed by atoms with van der Waals surface area (Å²) in [5, 5.41) is 10.1. The van der Waals surface area contributed by atoms with E-state index in [0.717, 1.165) is 11.1 Å². The zero-order valence-corrected chi connectivity index (χ0v) is 6.76. The van der Waals surface area contributed by atoms with Crippen molar-refractivity contribution in [2.75, 3.05) is 6.79 Å². The van der Waals surface area contributed by atoms with Gasteiger partial charge in [-0.05, 0) is 31.0 Å². The topological polar surface area (TPSA) is 29.1 Å². The first-order valence-electron chi connectivity index (χ1n) is 3.53. The molecular weight excluding hydrogens is 140 g/mol. The van der Waals surface area contributed by atoms with Gasteiger partial charge in [-0.25, -0.2) is 0 Å². The normalized spacial score (nSPS) is 9.73. The van der Waals surface area contributed by atoms with E-state index in [1.807, 2.05) is 26.0 Å². The van der Waals surface area contributed by atoms with Crippen molar-refractivity contribution in [1.29, 1.82) is 0 Å². The van der Waals surface area contributed by atoms with E-state index >= 15 is 0 Å². The van der Waals surface area contributed by atoms with Crippen LogP contribution in [-0.4, -0.2) is 6.79 Å². The van der Waals surface area contributed by atoms with Crippen molar-refractivity contribution in [3.63, 3.8) is 0 Å². The third kappa shape index (κ3) is 1.71. The molecule has 0 unspecified atom stereocenters. The summed E-state index contributed by atoms with van der Waals surface area (Å²) < 4.78 is 4.86. The summed E-state index contributed by atoms with van der Waals surface area (Å²) in [5.41, 5.74) is 2.19. The molecule has 0 aromatic heterocycles. The van der Waals surface area contributed by atoms with Crippen LogP contribution in [0.4, 0.5) is 0 Å². The second-order valence-electron chi connectivity index (χ2n) is 2.46. The zero-order valence-electron chi connectivity index (χ0n) is 6.76. The maximum Gasteiger partial charge on any atom is 0.221 e. The average Bonchev–Trinajstić information content (AvgIpc) is 1.99. The minimum absolute atomic E-state index is 0.510. The Morgan fingerprint density at radius 1 is 1.36 bits per heavy atom. The highest BCUT2D eigenvalue weighted by molar-refractivity contribution is 5.38. The second kappa shape index (κ2) is 3.39. The molecule has 1 aromatic rings. The summed E-state index contributed by atoms with van der Waals surface area (Å²) in [7, 11) is 0. The number of ether oxygens (including phenoxy) is 1. The van der Waals surface area contributed by atoms with Gasteiger partial charge in [0.2, 0.25) is 6.79 Å². The Labute approximate surface area is 66.4 Å². The van der Waals surface area contributed by atoms with Crippen molar-refractivity contribution in [1.82, 2.24) is 0 Å². The highest BCUT2D eigenvalue weighted by Gasteiger charge is 1.99. The summed E-state index contributed by atoms with van der Waals surface area (Å²) in [5.74, 6) is 0.694. The molecular formula is C9H11O2. The first kappa shape index (κ1) is 8.08. The van der Waals surface area contributed by atoms with Gasteiger partial charge in [-0.3, -0.25) is 0 Å². The van der Waals surface area contributed by atoms with E-state index in [0.29, 0.717) is 5.75 Å². The average molecular weight is 151 g/mol. The molecule has 1 radical (unpaired) electrons. The number of rotatable bonds is 2. The van der Waals surface area contributed by atoms with Crippen molar-refractivity contribution in [2.45, 2.75) is 13.8 Å². The van der Waals surface area contributed by atoms with Crippen LogP contribution < -0.4 is 4.74 Å². The number of aryl methyl sites for hydroxylation is 1. The standard InChI is InChI=1S/C9H11O2/c1-7-4-3-5-9(8(7)2)11-6-10/h3-5H,6H2,1-2H3. The molecule has 0 heterocycles. The molecule has 0 N–H and O–H groups in total. The van der Waals surface area contributed by atoms with Crippen LogP contribution in [0.15, 0.2) is 18.2 Å². The predicted molar refractivity (Wildman–Crippen MR) is 42.1 cm³/mol. The molecule has 0 bridgehead atoms. The van der Waals surface area contributed by atoms with E-state index in [1.165, 1.54) is 0 Å². The first-order valence-corrected chi connectivity index (χ1v) is 3.53. The van der Waals surface area contributed by atoms with E-state index < -0.39 is 6.79 Å². The summed E-state index contributed by atoms with van der Waals surface area (Å²) in [6, 6.07) is 5.68. The summed E-state index contributed by atoms with van der Waals surface area (Å²) >= 11 is 0. The van der Waals surface area contributed by atoms with Crippen LogP contribution in [0.1, 0.15) is 11.1 Å². The fourth-order valence-corrected chi connectivity index (χ4v) is 0.944. The van der Waals surface area contributed by atoms with E-state index in [2.05, 4.69) is 0 Å². The highest BCUT2D eigenvalue weighted by Crippen LogP contribution is 2.19. The molecule has 2 nitrogen and oxygen atoms in total. The lowest BCUT2D eigenvalue weighted by atomic mass is 10.1. The Bertz CT molecular complexity index is 243. The van der Waals surface area contributed by atoms with Gasteiger partial charge in [0.05, 0.1) is 0 Å². The maximum atomic E-state index is 10.1. The molecule has 0 saturated heterocycles. The molecule has 0 aliphatic carbocycles. The van der Waals surface area contributed by atoms with E-state index in [1.54, 1.807) is 6.07 Å². The molecule has 11 heavy (non-hydrogen) atoms. The quantitative estimate of drug-likeness (QED) is 0.595. The van der Waals surface area contributed by atoms with Crippen LogP contribution in [0.2, 0.25) is 0 Å². The van der Waals surface area contributed by atoms with Gasteiger partial charge in [-0.2, -0.15) is 5.11 Å². The van der Waals surface area contributed by atoms with Crippen LogP contribution in [0.25, 0.3) is 0 Å². The molecule has 1 aromatic carbocycles. The SMILES string of the molecule is Cc1cccc(OC[O])c1C. The monoisotopic (exact) mass is 151 g/mol. The largest absolute Gasteiger partial charge is 0.464 e. The Hall–Kier alpha value is -1.02. The number of hydrogen-bond acceptors (Lipinski definition) is 1. The van der Waals surface area contributed by atoms with Gasteiger partial charge in [0, 0.05) is 0 Å². The molecule has 2 heteroatoms. The maximum absolute atomic E-state index is 10.1. The summed E-state index contributed by atoms with van der Waals surface area (Å²) in [6.07, 6.45) is 0. The van der Waals surface area contributed by atoms with Gasteiger partial charge < -0.3 is 4.74 Å². The zero-order chi connectivity index (χ0) is 8.27. The smallest absolute Gasteiger partial charge is 0.221 e. The lowest BCUT2D eigenvalue weighted by Gasteiger charge is -2.06. The van der Waals surface area contributed by atoms with Crippen molar-refractivity contribution in [3.05, 3.63) is 29.3 Å². The van der Waals surface area contributed by atoms with Crippen LogP contribution >= 0.6 is 0 Å². The third-order valence-corrected chi connectivity index (χ3v) is 1.77. The summed E-state index contributed by atoms with van der Waals surface area (Å²) in [4.78, 5) is 0. The Kier molecular flexibility index (Phi) is 2.49. The number of benzene rings is 1. The molecule has 0 atom stereocenters. The first-order chi connectivity index (χ1) is 5.25. The Morgan fingerprint density at radius 2 is 2.09 bits per heavy atom. The Balaban J connectivity index is 2.96. The molecule has 0 amide bonds. The third-order valence-electron chi connectivity index (χ3n) is 1.77. The molecule has 0 aliphatic heterocycles. The molecule has 0 fully saturated rings. The second-order valence-corrected chi connectivity index (χ2v) is 2.46. The Morgan fingerprint density at radius 3 is 2.73 bits per heavy atom. The van der Waals surface area contributed by atoms with Gasteiger partial charge >= 0.3 is 0 Å². The number of hydrogen-bond donors (Lipinski definition) is 0. The summed E-state index contributed by atoms with van der Waals surface area (Å²) in [6.45, 7) is 3.43. The van der Waals surface area contributed by atoms with Crippen molar-refractivity contribution >= 4 is 0 Å². The molecule has 59 valence electrons. The van der Waals surface area contributed by atoms with Crippen molar-refractivity contribution in [2.24, 2.45) is 0 Å². The lowest BCUT2D eigenvalue weighted by molar-refractivity contribution is 0.0371. The molecule has 0 saturated carbocycles. The van der Waals surface area contributed by atoms with E-state index in [9.17, 15) is 5.11 Å². The van der Waals surface area contributed by atoms with Crippen LogP contribution in [0, 0.1) is 13.8 Å². The van der Waals surface area contributed by atoms with Gasteiger partial charge in [0.25, 0.3) is 0 Å². The highest BCUT2D eigenvalue weighted by atomic mass is 16.6. The van der Waals surface area contributed by atoms with Crippen LogP contribution in [-0.2, 0) is 5.11 Å². The van der Waals surface area contributed by atoms with E-state index in [-0.39, 0.29) is 0 Å². The van der Waals surface area contributed by atoms with Gasteiger partial charge in [0.15, 0.2) is 0 Å². The van der Waals surface area contributed by atoms with Crippen molar-refractivity contribution in [3.8, 4) is 5.75 Å². The van der Waals surface area contributed by atoms with Gasteiger partial charge in [0.1, 0.15) is 5.75 Å². The minimum Gasteiger partial charge on any atom is -0.464 e. The van der Waals surface area contributed by atoms with Crippen LogP contribution in [0.5, 0.6) is 5.75 Å². The van der Waals surface area contributed by atoms with Gasteiger partial charge in [-0.15, -0.1) is 0 Å². The lowest BCUT2D eigenvalue weighted by Crippen LogP contribution is -1.95. The molecule has 0 aliphatic rings. The predicted octanol–water partition coefficient (Wildman–Crippen LogP) is 2.07. The van der Waals surface area contributed by atoms with Crippen molar-refractivity contribution < 1.29 is 9.84 Å². The van der Waals surface area contributed by atoms with E-state index in [4.69, 9.17) is 4.74 Å². The van der Waals surface area contributed by atoms with Gasteiger partial charge in [-0.1, -0.05) is 12.1 Å². The minimum atomic E-state index is -0.510. The fourth-order valence-electron chi connectivity index (χ4n) is 0.944. The molecule has 0 spiro atoms. The molecule has 1 rings (SSSR count). The fraction of sp³-hybridized carbons (Fsp3) is 0.333.